The molecule has 0 aliphatic heterocycles. The summed E-state index contributed by atoms with van der Waals surface area (Å²) in [5.74, 6) is 2.53. The molecule has 0 amide bonds. The Labute approximate surface area is 172 Å². The first-order valence-corrected chi connectivity index (χ1v) is 11.3. The van der Waals surface area contributed by atoms with Gasteiger partial charge in [-0.3, -0.25) is 0 Å². The van der Waals surface area contributed by atoms with E-state index in [0.29, 0.717) is 0 Å². The summed E-state index contributed by atoms with van der Waals surface area (Å²) in [7, 11) is 0. The Kier molecular flexibility index (Phi) is 8.58. The van der Waals surface area contributed by atoms with Crippen LogP contribution in [-0.2, 0) is 0 Å². The van der Waals surface area contributed by atoms with Crippen molar-refractivity contribution in [3.63, 3.8) is 0 Å². The van der Waals surface area contributed by atoms with Gasteiger partial charge in [0, 0.05) is 5.56 Å². The van der Waals surface area contributed by atoms with E-state index in [2.05, 4.69) is 89.6 Å². The number of hydrogen-bond acceptors (Lipinski definition) is 2. The maximum absolute atomic E-state index is 5.92. The van der Waals surface area contributed by atoms with E-state index < -0.39 is 0 Å². The Morgan fingerprint density at radius 2 is 1.79 bits per heavy atom. The topological polar surface area (TPSA) is 9.23 Å². The molecule has 0 saturated heterocycles. The van der Waals surface area contributed by atoms with Crippen molar-refractivity contribution in [3.05, 3.63) is 37.0 Å². The van der Waals surface area contributed by atoms with Gasteiger partial charge in [0.15, 0.2) is 0 Å². The van der Waals surface area contributed by atoms with Crippen molar-refractivity contribution in [2.75, 3.05) is 6.61 Å². The lowest BCUT2D eigenvalue weighted by molar-refractivity contribution is 0.276. The van der Waals surface area contributed by atoms with Gasteiger partial charge in [-0.05, 0) is 80.5 Å². The smallest absolute Gasteiger partial charge is 0.119 e. The van der Waals surface area contributed by atoms with Crippen LogP contribution in [0.15, 0.2) is 34.1 Å². The minimum absolute atomic E-state index is 0.742. The lowest BCUT2D eigenvalue weighted by Crippen LogP contribution is -2.04. The maximum atomic E-state index is 5.92. The van der Waals surface area contributed by atoms with Crippen molar-refractivity contribution >= 4 is 49.9 Å². The molecule has 4 heteroatoms. The molecule has 0 N–H and O–H groups in total. The molecule has 0 fully saturated rings. The molecule has 0 aliphatic carbocycles. The summed E-state index contributed by atoms with van der Waals surface area (Å²) in [6, 6.07) is 10.7. The summed E-state index contributed by atoms with van der Waals surface area (Å²) in [5.41, 5.74) is 2.49. The highest BCUT2D eigenvalue weighted by molar-refractivity contribution is 14.1. The van der Waals surface area contributed by atoms with E-state index >= 15 is 0 Å². The van der Waals surface area contributed by atoms with Crippen molar-refractivity contribution in [1.82, 2.24) is 0 Å². The van der Waals surface area contributed by atoms with Crippen LogP contribution in [0.5, 0.6) is 5.75 Å². The minimum atomic E-state index is 0.742. The molecule has 0 aliphatic rings. The van der Waals surface area contributed by atoms with Crippen molar-refractivity contribution in [1.29, 1.82) is 0 Å². The van der Waals surface area contributed by atoms with Gasteiger partial charge in [-0.2, -0.15) is 0 Å². The Morgan fingerprint density at radius 3 is 2.38 bits per heavy atom. The summed E-state index contributed by atoms with van der Waals surface area (Å²) < 4.78 is 8.40. The van der Waals surface area contributed by atoms with Gasteiger partial charge >= 0.3 is 0 Å². The zero-order valence-corrected chi connectivity index (χ0v) is 19.2. The third-order valence-electron chi connectivity index (χ3n) is 4.18. The van der Waals surface area contributed by atoms with Crippen LogP contribution < -0.4 is 4.74 Å². The summed E-state index contributed by atoms with van der Waals surface area (Å²) in [5, 5.41) is 0. The van der Waals surface area contributed by atoms with Crippen molar-refractivity contribution in [2.24, 2.45) is 11.8 Å². The Bertz CT molecular complexity index is 621. The highest BCUT2D eigenvalue weighted by Gasteiger charge is 2.08. The first-order valence-electron chi connectivity index (χ1n) is 8.63. The first kappa shape index (κ1) is 20.2. The van der Waals surface area contributed by atoms with Crippen LogP contribution in [0.4, 0.5) is 0 Å². The third-order valence-corrected chi connectivity index (χ3v) is 6.78. The molecular formula is C20H26BrIOS. The van der Waals surface area contributed by atoms with Crippen LogP contribution in [0.2, 0.25) is 0 Å². The van der Waals surface area contributed by atoms with Crippen LogP contribution in [0.3, 0.4) is 0 Å². The van der Waals surface area contributed by atoms with E-state index in [0.717, 1.165) is 30.6 Å². The molecule has 1 nitrogen and oxygen atoms in total. The summed E-state index contributed by atoms with van der Waals surface area (Å²) >= 11 is 7.77. The van der Waals surface area contributed by atoms with Crippen LogP contribution in [0, 0.1) is 14.7 Å². The summed E-state index contributed by atoms with van der Waals surface area (Å²) in [6.45, 7) is 7.74. The zero-order valence-electron chi connectivity index (χ0n) is 14.6. The highest BCUT2D eigenvalue weighted by Crippen LogP contribution is 2.37. The second-order valence-corrected chi connectivity index (χ2v) is 11.1. The number of thiophene rings is 1. The second kappa shape index (κ2) is 10.2. The van der Waals surface area contributed by atoms with Crippen molar-refractivity contribution in [3.8, 4) is 16.9 Å². The van der Waals surface area contributed by atoms with E-state index in [-0.39, 0.29) is 0 Å². The SMILES string of the molecule is CC(C)CCCC(C)CCOc1ccc(-c2cc(I)sc2Br)cc1. The molecule has 0 saturated carbocycles. The zero-order chi connectivity index (χ0) is 17.5. The molecule has 1 heterocycles. The van der Waals surface area contributed by atoms with Gasteiger partial charge in [-0.25, -0.2) is 0 Å². The molecule has 2 rings (SSSR count). The van der Waals surface area contributed by atoms with Crippen LogP contribution in [-0.4, -0.2) is 6.61 Å². The average molecular weight is 521 g/mol. The molecule has 132 valence electrons. The molecule has 1 aromatic heterocycles. The van der Waals surface area contributed by atoms with Crippen molar-refractivity contribution < 1.29 is 4.74 Å². The average Bonchev–Trinajstić information content (AvgIpc) is 2.86. The summed E-state index contributed by atoms with van der Waals surface area (Å²) in [4.78, 5) is 0. The predicted molar refractivity (Wildman–Crippen MR) is 118 cm³/mol. The normalized spacial score (nSPS) is 12.6. The third kappa shape index (κ3) is 6.68. The molecule has 0 radical (unpaired) electrons. The van der Waals surface area contributed by atoms with Gasteiger partial charge in [-0.15, -0.1) is 11.3 Å². The van der Waals surface area contributed by atoms with Gasteiger partial charge in [0.2, 0.25) is 0 Å². The monoisotopic (exact) mass is 520 g/mol. The molecule has 24 heavy (non-hydrogen) atoms. The fourth-order valence-corrected chi connectivity index (χ4v) is 6.05. The van der Waals surface area contributed by atoms with E-state index in [4.69, 9.17) is 4.74 Å². The quantitative estimate of drug-likeness (QED) is 0.304. The maximum Gasteiger partial charge on any atom is 0.119 e. The molecule has 1 aromatic carbocycles. The molecule has 0 spiro atoms. The summed E-state index contributed by atoms with van der Waals surface area (Å²) in [6.07, 6.45) is 5.12. The molecule has 2 aromatic rings. The van der Waals surface area contributed by atoms with Crippen LogP contribution in [0.1, 0.15) is 46.5 Å². The lowest BCUT2D eigenvalue weighted by Gasteiger charge is -2.13. The van der Waals surface area contributed by atoms with Crippen LogP contribution in [0.25, 0.3) is 11.1 Å². The Morgan fingerprint density at radius 1 is 1.08 bits per heavy atom. The highest BCUT2D eigenvalue weighted by atomic mass is 127. The largest absolute Gasteiger partial charge is 0.494 e. The van der Waals surface area contributed by atoms with E-state index in [1.807, 2.05) is 0 Å². The minimum Gasteiger partial charge on any atom is -0.494 e. The van der Waals surface area contributed by atoms with Crippen LogP contribution >= 0.6 is 49.9 Å². The van der Waals surface area contributed by atoms with Gasteiger partial charge in [-0.1, -0.05) is 52.2 Å². The van der Waals surface area contributed by atoms with E-state index in [1.54, 1.807) is 11.3 Å². The molecule has 0 bridgehead atoms. The van der Waals surface area contributed by atoms with Gasteiger partial charge < -0.3 is 4.74 Å². The lowest BCUT2D eigenvalue weighted by atomic mass is 9.98. The van der Waals surface area contributed by atoms with E-state index in [9.17, 15) is 0 Å². The molecular weight excluding hydrogens is 495 g/mol. The fraction of sp³-hybridized carbons (Fsp3) is 0.500. The molecule has 1 atom stereocenters. The molecule has 1 unspecified atom stereocenters. The second-order valence-electron chi connectivity index (χ2n) is 6.83. The van der Waals surface area contributed by atoms with Gasteiger partial charge in [0.25, 0.3) is 0 Å². The van der Waals surface area contributed by atoms with Crippen molar-refractivity contribution in [2.45, 2.75) is 46.5 Å². The standard InChI is InChI=1S/C20H26BrIOS/c1-14(2)5-4-6-15(3)11-12-23-17-9-7-16(8-10-17)18-13-19(22)24-20(18)21/h7-10,13-15H,4-6,11-12H2,1-3H3. The number of halogens is 2. The Balaban J connectivity index is 1.77. The number of hydrogen-bond donors (Lipinski definition) is 0. The Hall–Kier alpha value is -0.0700. The first-order chi connectivity index (χ1) is 11.5. The number of ether oxygens (including phenoxy) is 1. The number of rotatable bonds is 9. The fourth-order valence-electron chi connectivity index (χ4n) is 2.66. The van der Waals surface area contributed by atoms with Gasteiger partial charge in [0.05, 0.1) is 13.3 Å². The van der Waals surface area contributed by atoms with Gasteiger partial charge in [0.1, 0.15) is 5.75 Å². The predicted octanol–water partition coefficient (Wildman–Crippen LogP) is 8.01. The number of benzene rings is 1. The van der Waals surface area contributed by atoms with E-state index in [1.165, 1.54) is 37.1 Å².